The largest absolute Gasteiger partial charge is 0.376 e. The Morgan fingerprint density at radius 3 is 2.19 bits per heavy atom. The van der Waals surface area contributed by atoms with Crippen LogP contribution in [0.2, 0.25) is 0 Å². The minimum atomic E-state index is -0.615. The maximum Gasteiger partial charge on any atom is 0.186 e. The van der Waals surface area contributed by atoms with Crippen LogP contribution in [0.4, 0.5) is 0 Å². The molecule has 2 fully saturated rings. The molecule has 2 aliphatic rings. The molecular formula is C11H20O5. The molecule has 0 aromatic rings. The van der Waals surface area contributed by atoms with Crippen LogP contribution in [0.25, 0.3) is 0 Å². The predicted molar refractivity (Wildman–Crippen MR) is 56.0 cm³/mol. The van der Waals surface area contributed by atoms with Crippen LogP contribution in [0, 0.1) is 0 Å². The van der Waals surface area contributed by atoms with E-state index in [9.17, 15) is 0 Å². The van der Waals surface area contributed by atoms with Crippen molar-refractivity contribution in [2.24, 2.45) is 0 Å². The Morgan fingerprint density at radius 2 is 1.62 bits per heavy atom. The van der Waals surface area contributed by atoms with Crippen molar-refractivity contribution in [3.05, 3.63) is 0 Å². The van der Waals surface area contributed by atoms with Gasteiger partial charge in [-0.15, -0.1) is 0 Å². The zero-order chi connectivity index (χ0) is 11.9. The van der Waals surface area contributed by atoms with Crippen LogP contribution in [0.5, 0.6) is 0 Å². The van der Waals surface area contributed by atoms with Gasteiger partial charge in [-0.25, -0.2) is 0 Å². The van der Waals surface area contributed by atoms with E-state index in [1.54, 1.807) is 14.2 Å². The van der Waals surface area contributed by atoms with Gasteiger partial charge in [0, 0.05) is 14.2 Å². The van der Waals surface area contributed by atoms with Gasteiger partial charge < -0.3 is 23.7 Å². The smallest absolute Gasteiger partial charge is 0.186 e. The third-order valence-electron chi connectivity index (χ3n) is 3.07. The van der Waals surface area contributed by atoms with Crippen LogP contribution in [-0.2, 0) is 23.7 Å². The fraction of sp³-hybridized carbons (Fsp3) is 1.00. The first-order chi connectivity index (χ1) is 7.48. The van der Waals surface area contributed by atoms with Gasteiger partial charge in [0.2, 0.25) is 0 Å². The number of hydrogen-bond acceptors (Lipinski definition) is 5. The van der Waals surface area contributed by atoms with E-state index in [1.165, 1.54) is 0 Å². The molecule has 0 spiro atoms. The van der Waals surface area contributed by atoms with Gasteiger partial charge >= 0.3 is 0 Å². The molecule has 0 amide bonds. The molecule has 94 valence electrons. The average Bonchev–Trinajstić information content (AvgIpc) is 2.52. The van der Waals surface area contributed by atoms with Crippen LogP contribution in [0.15, 0.2) is 0 Å². The molecule has 5 atom stereocenters. The van der Waals surface area contributed by atoms with E-state index >= 15 is 0 Å². The fourth-order valence-corrected chi connectivity index (χ4v) is 2.43. The number of rotatable bonds is 2. The van der Waals surface area contributed by atoms with Gasteiger partial charge in [-0.3, -0.25) is 0 Å². The van der Waals surface area contributed by atoms with Crippen LogP contribution < -0.4 is 0 Å². The van der Waals surface area contributed by atoms with Gasteiger partial charge in [0.15, 0.2) is 12.1 Å². The molecule has 0 unspecified atom stereocenters. The van der Waals surface area contributed by atoms with E-state index in [-0.39, 0.29) is 24.4 Å². The Kier molecular flexibility index (Phi) is 3.25. The molecule has 0 N–H and O–H groups in total. The molecule has 0 aromatic carbocycles. The summed E-state index contributed by atoms with van der Waals surface area (Å²) in [7, 11) is 3.26. The maximum absolute atomic E-state index is 5.85. The van der Waals surface area contributed by atoms with Crippen molar-refractivity contribution in [2.75, 3.05) is 14.2 Å². The van der Waals surface area contributed by atoms with Gasteiger partial charge in [-0.2, -0.15) is 0 Å². The molecule has 0 aromatic heterocycles. The third-order valence-corrected chi connectivity index (χ3v) is 3.07. The summed E-state index contributed by atoms with van der Waals surface area (Å²) in [5, 5.41) is 0. The number of fused-ring (bicyclic) bond motifs is 1. The zero-order valence-corrected chi connectivity index (χ0v) is 10.4. The fourth-order valence-electron chi connectivity index (χ4n) is 2.43. The Bertz CT molecular complexity index is 255. The highest BCUT2D eigenvalue weighted by atomic mass is 16.8. The summed E-state index contributed by atoms with van der Waals surface area (Å²) in [6.07, 6.45) is -0.977. The van der Waals surface area contributed by atoms with Crippen molar-refractivity contribution < 1.29 is 23.7 Å². The molecule has 2 aliphatic heterocycles. The molecule has 2 rings (SSSR count). The van der Waals surface area contributed by atoms with Crippen LogP contribution in [-0.4, -0.2) is 50.7 Å². The molecule has 16 heavy (non-hydrogen) atoms. The summed E-state index contributed by atoms with van der Waals surface area (Å²) in [6.45, 7) is 5.72. The van der Waals surface area contributed by atoms with Gasteiger partial charge in [0.05, 0.1) is 6.10 Å². The second kappa shape index (κ2) is 4.23. The van der Waals surface area contributed by atoms with E-state index in [0.29, 0.717) is 0 Å². The van der Waals surface area contributed by atoms with Crippen LogP contribution in [0.1, 0.15) is 20.8 Å². The molecule has 0 aliphatic carbocycles. The minimum absolute atomic E-state index is 0.0753. The van der Waals surface area contributed by atoms with E-state index in [1.807, 2.05) is 20.8 Å². The second-order valence-electron chi connectivity index (χ2n) is 4.71. The Labute approximate surface area is 95.9 Å². The number of ether oxygens (including phenoxy) is 5. The SMILES string of the molecule is CO[C@@H]1O[C@@H](C)[C@H](OC)[C@H]2OC(C)(C)O[C@@H]12. The highest BCUT2D eigenvalue weighted by molar-refractivity contribution is 4.95. The lowest BCUT2D eigenvalue weighted by atomic mass is 10.00. The quantitative estimate of drug-likeness (QED) is 0.708. The topological polar surface area (TPSA) is 46.2 Å². The molecule has 0 bridgehead atoms. The lowest BCUT2D eigenvalue weighted by Crippen LogP contribution is -2.56. The molecule has 2 heterocycles. The highest BCUT2D eigenvalue weighted by Gasteiger charge is 2.54. The second-order valence-corrected chi connectivity index (χ2v) is 4.71. The summed E-state index contributed by atoms with van der Waals surface area (Å²) in [5.41, 5.74) is 0. The predicted octanol–water partition coefficient (Wildman–Crippen LogP) is 0.913. The third kappa shape index (κ3) is 1.98. The van der Waals surface area contributed by atoms with Crippen molar-refractivity contribution in [2.45, 2.75) is 57.3 Å². The van der Waals surface area contributed by atoms with Gasteiger partial charge in [0.1, 0.15) is 18.3 Å². The van der Waals surface area contributed by atoms with Crippen molar-refractivity contribution in [3.8, 4) is 0 Å². The van der Waals surface area contributed by atoms with Gasteiger partial charge in [-0.05, 0) is 20.8 Å². The Hall–Kier alpha value is -0.200. The van der Waals surface area contributed by atoms with Crippen molar-refractivity contribution >= 4 is 0 Å². The molecule has 0 radical (unpaired) electrons. The van der Waals surface area contributed by atoms with Gasteiger partial charge in [0.25, 0.3) is 0 Å². The first kappa shape index (κ1) is 12.3. The Balaban J connectivity index is 2.20. The lowest BCUT2D eigenvalue weighted by molar-refractivity contribution is -0.266. The molecule has 2 saturated heterocycles. The molecule has 5 heteroatoms. The van der Waals surface area contributed by atoms with E-state index < -0.39 is 12.1 Å². The minimum Gasteiger partial charge on any atom is -0.376 e. The normalized spacial score (nSPS) is 46.7. The monoisotopic (exact) mass is 232 g/mol. The van der Waals surface area contributed by atoms with Crippen molar-refractivity contribution in [1.82, 2.24) is 0 Å². The summed E-state index contributed by atoms with van der Waals surface area (Å²) in [4.78, 5) is 0. The van der Waals surface area contributed by atoms with Crippen molar-refractivity contribution in [1.29, 1.82) is 0 Å². The maximum atomic E-state index is 5.85. The summed E-state index contributed by atoms with van der Waals surface area (Å²) < 4.78 is 28.0. The van der Waals surface area contributed by atoms with Crippen molar-refractivity contribution in [3.63, 3.8) is 0 Å². The standard InChI is InChI=1S/C11H20O5/c1-6-7(12-4)8-9(10(13-5)14-6)16-11(2,3)15-8/h6-10H,1-5H3/t6-,7-,8+,9+,10+/m0/s1. The lowest BCUT2D eigenvalue weighted by Gasteiger charge is -2.39. The number of methoxy groups -OCH3 is 2. The first-order valence-electron chi connectivity index (χ1n) is 5.55. The molecule has 5 nitrogen and oxygen atoms in total. The zero-order valence-electron chi connectivity index (χ0n) is 10.4. The number of hydrogen-bond donors (Lipinski definition) is 0. The van der Waals surface area contributed by atoms with E-state index in [2.05, 4.69) is 0 Å². The van der Waals surface area contributed by atoms with Crippen LogP contribution in [0.3, 0.4) is 0 Å². The van der Waals surface area contributed by atoms with E-state index in [0.717, 1.165) is 0 Å². The molecule has 0 saturated carbocycles. The summed E-state index contributed by atoms with van der Waals surface area (Å²) in [6, 6.07) is 0. The van der Waals surface area contributed by atoms with Gasteiger partial charge in [-0.1, -0.05) is 0 Å². The summed E-state index contributed by atoms with van der Waals surface area (Å²) >= 11 is 0. The average molecular weight is 232 g/mol. The Morgan fingerprint density at radius 1 is 1.00 bits per heavy atom. The summed E-state index contributed by atoms with van der Waals surface area (Å²) in [5.74, 6) is -0.615. The van der Waals surface area contributed by atoms with Crippen LogP contribution >= 0.6 is 0 Å². The highest BCUT2D eigenvalue weighted by Crippen LogP contribution is 2.38. The first-order valence-corrected chi connectivity index (χ1v) is 5.55. The molecular weight excluding hydrogens is 212 g/mol. The van der Waals surface area contributed by atoms with E-state index in [4.69, 9.17) is 23.7 Å².